The summed E-state index contributed by atoms with van der Waals surface area (Å²) in [5.74, 6) is 0. The van der Waals surface area contributed by atoms with Crippen LogP contribution in [0.2, 0.25) is 0 Å². The minimum atomic E-state index is 0. The quantitative estimate of drug-likeness (QED) is 0.278. The van der Waals surface area contributed by atoms with Crippen molar-refractivity contribution in [2.75, 3.05) is 0 Å². The van der Waals surface area contributed by atoms with E-state index >= 15 is 0 Å². The smallest absolute Gasteiger partial charge is 0.576 e. The van der Waals surface area contributed by atoms with Gasteiger partial charge in [0, 0.05) is 0 Å². The van der Waals surface area contributed by atoms with E-state index in [1.165, 1.54) is 6.26 Å². The molecule has 1 rings (SSSR count). The molecule has 1 aromatic heterocycles. The first-order chi connectivity index (χ1) is 2.50. The molecule has 0 aliphatic carbocycles. The van der Waals surface area contributed by atoms with E-state index in [4.69, 9.17) is 0 Å². The molecule has 0 saturated carbocycles. The molecule has 6 heavy (non-hydrogen) atoms. The van der Waals surface area contributed by atoms with Crippen molar-refractivity contribution >= 4 is 0 Å². The first-order valence-electron chi connectivity index (χ1n) is 1.38. The first kappa shape index (κ1) is 6.92. The zero-order valence-electron chi connectivity index (χ0n) is 3.64. The van der Waals surface area contributed by atoms with Crippen molar-refractivity contribution in [1.29, 1.82) is 0 Å². The van der Waals surface area contributed by atoms with Crippen LogP contribution in [0.4, 0.5) is 0 Å². The molecule has 0 saturated heterocycles. The summed E-state index contributed by atoms with van der Waals surface area (Å²) in [5.41, 5.74) is 0. The van der Waals surface area contributed by atoms with E-state index in [1.807, 2.05) is 0 Å². The summed E-state index contributed by atoms with van der Waals surface area (Å²) in [4.78, 5) is 0. The van der Waals surface area contributed by atoms with Gasteiger partial charge < -0.3 is 4.42 Å². The zero-order chi connectivity index (χ0) is 3.54. The molecule has 0 N–H and O–H groups in total. The van der Waals surface area contributed by atoms with Crippen LogP contribution in [0, 0.1) is 6.07 Å². The molecule has 1 heterocycles. The summed E-state index contributed by atoms with van der Waals surface area (Å²) >= 11 is 0. The van der Waals surface area contributed by atoms with Gasteiger partial charge in [-0.05, 0) is 6.26 Å². The van der Waals surface area contributed by atoms with Crippen LogP contribution in [-0.2, 0) is 0 Å². The van der Waals surface area contributed by atoms with Crippen LogP contribution in [-0.4, -0.2) is 0 Å². The first-order valence-corrected chi connectivity index (χ1v) is 1.38. The van der Waals surface area contributed by atoms with E-state index in [-0.39, 0.29) is 51.4 Å². The van der Waals surface area contributed by atoms with Gasteiger partial charge in [-0.2, -0.15) is 6.07 Å². The van der Waals surface area contributed by atoms with Crippen LogP contribution in [0.15, 0.2) is 23.0 Å². The third kappa shape index (κ3) is 2.15. The molecule has 0 radical (unpaired) electrons. The molecule has 0 aromatic carbocycles. The third-order valence-electron chi connectivity index (χ3n) is 0.379. The van der Waals surface area contributed by atoms with Gasteiger partial charge in [0.1, 0.15) is 0 Å². The Labute approximate surface area is 79.1 Å². The molecule has 0 aliphatic heterocycles. The molecule has 2 heteroatoms. The largest absolute Gasteiger partial charge is 1.00 e. The SMILES string of the molecule is [K+].[c-]1ccoc1. The molecule has 0 fully saturated rings. The second kappa shape index (κ2) is 4.09. The van der Waals surface area contributed by atoms with Crippen LogP contribution >= 0.6 is 0 Å². The summed E-state index contributed by atoms with van der Waals surface area (Å²) in [6.45, 7) is 0. The van der Waals surface area contributed by atoms with Crippen LogP contribution in [0.25, 0.3) is 0 Å². The fraction of sp³-hybridized carbons (Fsp3) is 0. The molecule has 26 valence electrons. The van der Waals surface area contributed by atoms with Gasteiger partial charge in [-0.25, -0.2) is 6.07 Å². The van der Waals surface area contributed by atoms with Crippen molar-refractivity contribution in [3.05, 3.63) is 24.7 Å². The van der Waals surface area contributed by atoms with Crippen LogP contribution in [0.3, 0.4) is 0 Å². The van der Waals surface area contributed by atoms with Gasteiger partial charge in [-0.15, -0.1) is 0 Å². The Morgan fingerprint density at radius 3 is 2.50 bits per heavy atom. The Morgan fingerprint density at radius 1 is 1.50 bits per heavy atom. The summed E-state index contributed by atoms with van der Waals surface area (Å²) in [6.07, 6.45) is 3.07. The van der Waals surface area contributed by atoms with E-state index < -0.39 is 0 Å². The molecule has 0 unspecified atom stereocenters. The predicted molar refractivity (Wildman–Crippen MR) is 17.5 cm³/mol. The number of furan rings is 1. The van der Waals surface area contributed by atoms with Gasteiger partial charge in [-0.3, -0.25) is 0 Å². The molecule has 0 atom stereocenters. The van der Waals surface area contributed by atoms with Gasteiger partial charge in [0.2, 0.25) is 0 Å². The van der Waals surface area contributed by atoms with E-state index in [9.17, 15) is 0 Å². The summed E-state index contributed by atoms with van der Waals surface area (Å²) in [7, 11) is 0. The number of hydrogen-bond acceptors (Lipinski definition) is 1. The Morgan fingerprint density at radius 2 is 2.33 bits per heavy atom. The summed E-state index contributed by atoms with van der Waals surface area (Å²) in [6, 6.07) is 4.40. The molecule has 1 nitrogen and oxygen atoms in total. The van der Waals surface area contributed by atoms with Gasteiger partial charge in [0.05, 0.1) is 0 Å². The maximum atomic E-state index is 4.53. The van der Waals surface area contributed by atoms with Gasteiger partial charge in [-0.1, -0.05) is 6.26 Å². The van der Waals surface area contributed by atoms with Crippen LogP contribution < -0.4 is 51.4 Å². The number of rotatable bonds is 0. The van der Waals surface area contributed by atoms with Crippen LogP contribution in [0.1, 0.15) is 0 Å². The van der Waals surface area contributed by atoms with Crippen molar-refractivity contribution in [2.24, 2.45) is 0 Å². The molecular weight excluding hydrogens is 103 g/mol. The van der Waals surface area contributed by atoms with Crippen molar-refractivity contribution in [3.8, 4) is 0 Å². The van der Waals surface area contributed by atoms with Crippen molar-refractivity contribution < 1.29 is 55.8 Å². The Hall–Kier alpha value is 0.916. The Bertz CT molecular complexity index is 64.0. The normalized spacial score (nSPS) is 6.67. The van der Waals surface area contributed by atoms with Gasteiger partial charge in [0.15, 0.2) is 0 Å². The minimum Gasteiger partial charge on any atom is -0.576 e. The third-order valence-corrected chi connectivity index (χ3v) is 0.379. The van der Waals surface area contributed by atoms with Gasteiger partial charge in [0.25, 0.3) is 0 Å². The maximum absolute atomic E-state index is 4.53. The molecular formula is C4H3KO. The van der Waals surface area contributed by atoms with Crippen molar-refractivity contribution in [2.45, 2.75) is 0 Å². The van der Waals surface area contributed by atoms with E-state index in [0.29, 0.717) is 0 Å². The molecule has 0 bridgehead atoms. The summed E-state index contributed by atoms with van der Waals surface area (Å²) < 4.78 is 4.53. The summed E-state index contributed by atoms with van der Waals surface area (Å²) in [5, 5.41) is 0. The Balaban J connectivity index is 0.000000250. The van der Waals surface area contributed by atoms with E-state index in [1.54, 1.807) is 12.3 Å². The zero-order valence-corrected chi connectivity index (χ0v) is 6.76. The maximum Gasteiger partial charge on any atom is 1.00 e. The Kier molecular flexibility index (Phi) is 4.71. The number of hydrogen-bond donors (Lipinski definition) is 0. The van der Waals surface area contributed by atoms with E-state index in [2.05, 4.69) is 10.5 Å². The second-order valence-electron chi connectivity index (χ2n) is 0.723. The predicted octanol–water partition coefficient (Wildman–Crippen LogP) is -1.92. The molecule has 0 amide bonds. The van der Waals surface area contributed by atoms with Gasteiger partial charge >= 0.3 is 51.4 Å². The molecule has 1 aromatic rings. The fourth-order valence-electron chi connectivity index (χ4n) is 0.196. The molecule has 0 spiro atoms. The average Bonchev–Trinajstić information content (AvgIpc) is 1.76. The molecule has 0 aliphatic rings. The minimum absolute atomic E-state index is 0. The van der Waals surface area contributed by atoms with Crippen LogP contribution in [0.5, 0.6) is 0 Å². The second-order valence-corrected chi connectivity index (χ2v) is 0.723. The van der Waals surface area contributed by atoms with Crippen molar-refractivity contribution in [3.63, 3.8) is 0 Å². The topological polar surface area (TPSA) is 13.1 Å². The monoisotopic (exact) mass is 106 g/mol. The van der Waals surface area contributed by atoms with E-state index in [0.717, 1.165) is 0 Å². The average molecular weight is 106 g/mol. The fourth-order valence-corrected chi connectivity index (χ4v) is 0.196. The van der Waals surface area contributed by atoms with Crippen molar-refractivity contribution in [1.82, 2.24) is 0 Å². The standard InChI is InChI=1S/C4H3O.K/c1-2-4-5-3-1;/h1,3-4H;/q-1;+1.